The van der Waals surface area contributed by atoms with Crippen molar-refractivity contribution in [2.75, 3.05) is 19.6 Å². The van der Waals surface area contributed by atoms with Crippen molar-refractivity contribution in [1.82, 2.24) is 9.88 Å². The molecule has 0 radical (unpaired) electrons. The third kappa shape index (κ3) is 5.55. The molecule has 1 fully saturated rings. The quantitative estimate of drug-likeness (QED) is 0.214. The number of nitriles is 1. The number of likely N-dealkylation sites (tertiary alicyclic amines) is 1. The Kier molecular flexibility index (Phi) is 8.52. The Morgan fingerprint density at radius 2 is 1.44 bits per heavy atom. The summed E-state index contributed by atoms with van der Waals surface area (Å²) >= 11 is 26.5. The van der Waals surface area contributed by atoms with E-state index >= 15 is 0 Å². The molecular weight excluding hydrogens is 568 g/mol. The fourth-order valence-electron chi connectivity index (χ4n) is 5.86. The van der Waals surface area contributed by atoms with Gasteiger partial charge in [0.1, 0.15) is 0 Å². The lowest BCUT2D eigenvalue weighted by Crippen LogP contribution is -2.44. The van der Waals surface area contributed by atoms with Crippen LogP contribution < -0.4 is 0 Å². The van der Waals surface area contributed by atoms with Crippen LogP contribution in [0.4, 0.5) is 0 Å². The first-order valence-corrected chi connectivity index (χ1v) is 14.4. The third-order valence-electron chi connectivity index (χ3n) is 7.99. The molecule has 0 spiro atoms. The Morgan fingerprint density at radius 1 is 0.821 bits per heavy atom. The van der Waals surface area contributed by atoms with E-state index in [9.17, 15) is 5.26 Å². The van der Waals surface area contributed by atoms with E-state index in [1.54, 1.807) is 18.3 Å². The molecule has 0 aliphatic carbocycles. The molecular formula is C32H27Cl4N3. The average Bonchev–Trinajstić information content (AvgIpc) is 2.96. The van der Waals surface area contributed by atoms with E-state index in [1.807, 2.05) is 54.7 Å². The van der Waals surface area contributed by atoms with Gasteiger partial charge in [-0.15, -0.1) is 0 Å². The second-order valence-electron chi connectivity index (χ2n) is 10.0. The third-order valence-corrected chi connectivity index (χ3v) is 9.08. The van der Waals surface area contributed by atoms with Gasteiger partial charge in [0.2, 0.25) is 0 Å². The van der Waals surface area contributed by atoms with Gasteiger partial charge in [-0.05, 0) is 91.5 Å². The predicted molar refractivity (Wildman–Crippen MR) is 161 cm³/mol. The largest absolute Gasteiger partial charge is 0.303 e. The van der Waals surface area contributed by atoms with Crippen LogP contribution in [0.1, 0.15) is 41.5 Å². The number of halogens is 4. The van der Waals surface area contributed by atoms with Crippen LogP contribution in [0.2, 0.25) is 20.1 Å². The van der Waals surface area contributed by atoms with E-state index in [0.29, 0.717) is 26.5 Å². The molecule has 0 bridgehead atoms. The van der Waals surface area contributed by atoms with E-state index in [2.05, 4.69) is 34.2 Å². The van der Waals surface area contributed by atoms with Gasteiger partial charge in [0.25, 0.3) is 0 Å². The first-order valence-electron chi connectivity index (χ1n) is 12.9. The van der Waals surface area contributed by atoms with Gasteiger partial charge in [-0.3, -0.25) is 4.98 Å². The van der Waals surface area contributed by atoms with Gasteiger partial charge in [0.05, 0.1) is 16.9 Å². The Labute approximate surface area is 249 Å². The average molecular weight is 595 g/mol. The Bertz CT molecular complexity index is 1430. The minimum absolute atomic E-state index is 0.461. The lowest BCUT2D eigenvalue weighted by Gasteiger charge is -2.41. The first kappa shape index (κ1) is 28.0. The molecule has 5 rings (SSSR count). The zero-order valence-electron chi connectivity index (χ0n) is 21.3. The monoisotopic (exact) mass is 593 g/mol. The molecule has 1 saturated heterocycles. The topological polar surface area (TPSA) is 39.9 Å². The highest BCUT2D eigenvalue weighted by atomic mass is 35.5. The van der Waals surface area contributed by atoms with Crippen LogP contribution in [0.3, 0.4) is 0 Å². The summed E-state index contributed by atoms with van der Waals surface area (Å²) in [6, 6.07) is 28.0. The molecule has 2 heterocycles. The van der Waals surface area contributed by atoms with Crippen LogP contribution >= 0.6 is 46.4 Å². The highest BCUT2D eigenvalue weighted by molar-refractivity contribution is 6.36. The van der Waals surface area contributed by atoms with Crippen LogP contribution in [-0.4, -0.2) is 29.5 Å². The number of hydrogen-bond acceptors (Lipinski definition) is 3. The highest BCUT2D eigenvalue weighted by Crippen LogP contribution is 2.48. The van der Waals surface area contributed by atoms with E-state index in [0.717, 1.165) is 54.7 Å². The van der Waals surface area contributed by atoms with Crippen molar-refractivity contribution < 1.29 is 0 Å². The van der Waals surface area contributed by atoms with Crippen molar-refractivity contribution in [3.63, 3.8) is 0 Å². The van der Waals surface area contributed by atoms with Crippen molar-refractivity contribution >= 4 is 46.4 Å². The number of pyridine rings is 1. The highest BCUT2D eigenvalue weighted by Gasteiger charge is 2.42. The van der Waals surface area contributed by atoms with Crippen LogP contribution in [-0.2, 0) is 10.8 Å². The summed E-state index contributed by atoms with van der Waals surface area (Å²) in [6.45, 7) is 2.39. The number of rotatable bonds is 7. The van der Waals surface area contributed by atoms with Crippen molar-refractivity contribution in [2.45, 2.75) is 30.1 Å². The molecule has 3 aromatic carbocycles. The molecule has 1 aromatic heterocycles. The number of hydrogen-bond donors (Lipinski definition) is 0. The molecule has 198 valence electrons. The first-order chi connectivity index (χ1) is 18.9. The van der Waals surface area contributed by atoms with Gasteiger partial charge in [-0.25, -0.2) is 0 Å². The van der Waals surface area contributed by atoms with Gasteiger partial charge in [0.15, 0.2) is 0 Å². The molecule has 7 heteroatoms. The van der Waals surface area contributed by atoms with Crippen molar-refractivity contribution in [2.24, 2.45) is 0 Å². The Balaban J connectivity index is 1.54. The van der Waals surface area contributed by atoms with Crippen LogP contribution in [0.15, 0.2) is 91.3 Å². The maximum atomic E-state index is 10.2. The molecule has 0 amide bonds. The molecule has 3 nitrogen and oxygen atoms in total. The number of aromatic nitrogens is 1. The molecule has 1 aliphatic rings. The normalized spacial score (nSPS) is 15.6. The Hall–Kier alpha value is -2.58. The van der Waals surface area contributed by atoms with Crippen LogP contribution in [0, 0.1) is 11.3 Å². The minimum atomic E-state index is -0.708. The maximum Gasteiger partial charge on any atom is 0.0846 e. The number of benzene rings is 3. The predicted octanol–water partition coefficient (Wildman–Crippen LogP) is 8.98. The van der Waals surface area contributed by atoms with Crippen LogP contribution in [0.5, 0.6) is 0 Å². The fourth-order valence-corrected chi connectivity index (χ4v) is 7.00. The summed E-state index contributed by atoms with van der Waals surface area (Å²) < 4.78 is 0. The lowest BCUT2D eigenvalue weighted by atomic mass is 9.67. The van der Waals surface area contributed by atoms with E-state index in [4.69, 9.17) is 46.4 Å². The summed E-state index contributed by atoms with van der Waals surface area (Å²) in [5.74, 6) is 0. The van der Waals surface area contributed by atoms with E-state index in [1.165, 1.54) is 0 Å². The van der Waals surface area contributed by atoms with Crippen molar-refractivity contribution in [3.05, 3.63) is 134 Å². The number of nitrogens with zero attached hydrogens (tertiary/aromatic N) is 3. The van der Waals surface area contributed by atoms with Crippen molar-refractivity contribution in [3.8, 4) is 6.07 Å². The van der Waals surface area contributed by atoms with E-state index < -0.39 is 10.8 Å². The maximum absolute atomic E-state index is 10.2. The van der Waals surface area contributed by atoms with Gasteiger partial charge < -0.3 is 4.90 Å². The Morgan fingerprint density at radius 3 is 1.95 bits per heavy atom. The SMILES string of the molecule is N#CC1(c2ccccc2)CCN(CCC(c2cccnc2)(c2ccc(Cl)cc2Cl)c2ccc(Cl)cc2Cl)CC1. The minimum Gasteiger partial charge on any atom is -0.303 e. The molecule has 0 unspecified atom stereocenters. The summed E-state index contributed by atoms with van der Waals surface area (Å²) in [6.07, 6.45) is 5.87. The van der Waals surface area contributed by atoms with E-state index in [-0.39, 0.29) is 0 Å². The number of piperidine rings is 1. The molecule has 0 atom stereocenters. The van der Waals surface area contributed by atoms with Gasteiger partial charge >= 0.3 is 0 Å². The second kappa shape index (κ2) is 11.9. The molecule has 1 aliphatic heterocycles. The smallest absolute Gasteiger partial charge is 0.0846 e. The second-order valence-corrected chi connectivity index (χ2v) is 11.7. The zero-order chi connectivity index (χ0) is 27.5. The lowest BCUT2D eigenvalue weighted by molar-refractivity contribution is 0.177. The molecule has 39 heavy (non-hydrogen) atoms. The zero-order valence-corrected chi connectivity index (χ0v) is 24.3. The summed E-state index contributed by atoms with van der Waals surface area (Å²) in [7, 11) is 0. The van der Waals surface area contributed by atoms with Crippen LogP contribution in [0.25, 0.3) is 0 Å². The summed E-state index contributed by atoms with van der Waals surface area (Å²) in [4.78, 5) is 6.89. The molecule has 0 N–H and O–H groups in total. The van der Waals surface area contributed by atoms with Gasteiger partial charge in [-0.2, -0.15) is 5.26 Å². The summed E-state index contributed by atoms with van der Waals surface area (Å²) in [5, 5.41) is 12.4. The van der Waals surface area contributed by atoms with Gasteiger partial charge in [0, 0.05) is 32.5 Å². The van der Waals surface area contributed by atoms with Gasteiger partial charge in [-0.1, -0.05) is 94.9 Å². The molecule has 4 aromatic rings. The van der Waals surface area contributed by atoms with Crippen molar-refractivity contribution in [1.29, 1.82) is 5.26 Å². The fraction of sp³-hybridized carbons (Fsp3) is 0.250. The summed E-state index contributed by atoms with van der Waals surface area (Å²) in [5.41, 5.74) is 2.71. The molecule has 0 saturated carbocycles. The standard InChI is InChI=1S/C32H27Cl4N3/c33-25-8-10-27(29(35)19-25)32(24-7-4-15-38-21-24,28-11-9-26(34)20-30(28)36)14-18-39-16-12-31(22-37,13-17-39)23-5-2-1-3-6-23/h1-11,15,19-21H,12-14,16-18H2.